The maximum atomic E-state index is 12.0. The molecule has 0 saturated heterocycles. The highest BCUT2D eigenvalue weighted by atomic mass is 16.5. The molecule has 0 aliphatic rings. The maximum absolute atomic E-state index is 12.0. The SMILES string of the molecule is CCC(=C(c1ccc(OCCN(C)C)cc1)c1ccc(C(C(=O)O)N(C)CC(=O)O)cc1)c1ccccc1.OBO. The van der Waals surface area contributed by atoms with Crippen LogP contribution in [-0.4, -0.2) is 90.5 Å². The molecule has 1 unspecified atom stereocenters. The molecule has 0 fully saturated rings. The molecule has 0 aliphatic heterocycles. The van der Waals surface area contributed by atoms with Gasteiger partial charge in [0.15, 0.2) is 0 Å². The van der Waals surface area contributed by atoms with Crippen LogP contribution < -0.4 is 4.74 Å². The third kappa shape index (κ3) is 10.2. The van der Waals surface area contributed by atoms with Gasteiger partial charge in [0.1, 0.15) is 18.4 Å². The van der Waals surface area contributed by atoms with Crippen molar-refractivity contribution < 1.29 is 34.6 Å². The number of allylic oxidation sites excluding steroid dienone is 1. The fourth-order valence-corrected chi connectivity index (χ4v) is 4.47. The van der Waals surface area contributed by atoms with Gasteiger partial charge < -0.3 is 29.9 Å². The quantitative estimate of drug-likeness (QED) is 0.183. The van der Waals surface area contributed by atoms with Crippen LogP contribution in [-0.2, 0) is 9.59 Å². The molecular formula is C31H39BN2O7. The van der Waals surface area contributed by atoms with Crippen LogP contribution in [0.2, 0.25) is 0 Å². The number of benzene rings is 3. The maximum Gasteiger partial charge on any atom is 0.432 e. The Morgan fingerprint density at radius 2 is 1.37 bits per heavy atom. The Hall–Kier alpha value is -3.96. The minimum atomic E-state index is -1.10. The highest BCUT2D eigenvalue weighted by Gasteiger charge is 2.26. The average Bonchev–Trinajstić information content (AvgIpc) is 2.93. The largest absolute Gasteiger partial charge is 0.492 e. The van der Waals surface area contributed by atoms with Gasteiger partial charge in [-0.05, 0) is 73.1 Å². The van der Waals surface area contributed by atoms with Crippen molar-refractivity contribution in [3.05, 3.63) is 101 Å². The van der Waals surface area contributed by atoms with Gasteiger partial charge in [-0.15, -0.1) is 0 Å². The second kappa shape index (κ2) is 17.0. The predicted octanol–water partition coefficient (Wildman–Crippen LogP) is 3.38. The number of nitrogens with zero attached hydrogens (tertiary/aromatic N) is 2. The van der Waals surface area contributed by atoms with E-state index in [1.165, 1.54) is 11.9 Å². The van der Waals surface area contributed by atoms with Gasteiger partial charge in [-0.2, -0.15) is 0 Å². The van der Waals surface area contributed by atoms with Crippen LogP contribution in [0.15, 0.2) is 78.9 Å². The van der Waals surface area contributed by atoms with E-state index in [1.807, 2.05) is 68.7 Å². The van der Waals surface area contributed by atoms with Crippen LogP contribution in [0.4, 0.5) is 0 Å². The summed E-state index contributed by atoms with van der Waals surface area (Å²) < 4.78 is 5.88. The van der Waals surface area contributed by atoms with Crippen molar-refractivity contribution in [1.29, 1.82) is 0 Å². The first kappa shape index (κ1) is 33.3. The molecule has 9 nitrogen and oxygen atoms in total. The molecule has 4 N–H and O–H groups in total. The molecule has 0 radical (unpaired) electrons. The number of aliphatic carboxylic acids is 2. The minimum Gasteiger partial charge on any atom is -0.492 e. The van der Waals surface area contributed by atoms with E-state index < -0.39 is 25.7 Å². The average molecular weight is 562 g/mol. The van der Waals surface area contributed by atoms with E-state index >= 15 is 0 Å². The topological polar surface area (TPSA) is 131 Å². The lowest BCUT2D eigenvalue weighted by Crippen LogP contribution is -2.34. The molecular weight excluding hydrogens is 523 g/mol. The van der Waals surface area contributed by atoms with E-state index in [0.717, 1.165) is 46.6 Å². The second-order valence-electron chi connectivity index (χ2n) is 9.56. The Morgan fingerprint density at radius 1 is 0.829 bits per heavy atom. The lowest BCUT2D eigenvalue weighted by Gasteiger charge is -2.24. The molecule has 3 aromatic carbocycles. The van der Waals surface area contributed by atoms with Crippen molar-refractivity contribution >= 4 is 30.8 Å². The normalized spacial score (nSPS) is 12.2. The number of carbonyl (C=O) groups is 2. The highest BCUT2D eigenvalue weighted by molar-refractivity contribution is 6.13. The summed E-state index contributed by atoms with van der Waals surface area (Å²) in [5.74, 6) is -1.38. The Balaban J connectivity index is 0.00000187. The molecule has 0 heterocycles. The third-order valence-electron chi connectivity index (χ3n) is 6.30. The van der Waals surface area contributed by atoms with Crippen molar-refractivity contribution in [2.24, 2.45) is 0 Å². The van der Waals surface area contributed by atoms with Gasteiger partial charge in [-0.25, -0.2) is 0 Å². The van der Waals surface area contributed by atoms with Gasteiger partial charge >= 0.3 is 19.6 Å². The predicted molar refractivity (Wildman–Crippen MR) is 162 cm³/mol. The standard InChI is InChI=1S/C31H36N2O5.BH3O2/c1-5-27(22-9-7-6-8-10-22)29(24-15-17-26(18-16-24)38-20-19-32(2)3)23-11-13-25(14-12-23)30(31(36)37)33(4)21-28(34)35;2-1-3/h6-18,30H,5,19-21H2,1-4H3,(H,34,35)(H,36,37);1-3H. The summed E-state index contributed by atoms with van der Waals surface area (Å²) in [7, 11) is 4.76. The zero-order valence-electron chi connectivity index (χ0n) is 24.0. The van der Waals surface area contributed by atoms with E-state index in [4.69, 9.17) is 19.9 Å². The lowest BCUT2D eigenvalue weighted by molar-refractivity contribution is -0.145. The summed E-state index contributed by atoms with van der Waals surface area (Å²) >= 11 is 0. The van der Waals surface area contributed by atoms with Crippen molar-refractivity contribution in [3.8, 4) is 5.75 Å². The summed E-state index contributed by atoms with van der Waals surface area (Å²) in [4.78, 5) is 26.5. The number of hydrogen-bond donors (Lipinski definition) is 4. The molecule has 10 heteroatoms. The monoisotopic (exact) mass is 562 g/mol. The summed E-state index contributed by atoms with van der Waals surface area (Å²) in [5.41, 5.74) is 5.82. The van der Waals surface area contributed by atoms with Gasteiger partial charge in [-0.1, -0.05) is 73.7 Å². The molecule has 0 bridgehead atoms. The molecule has 0 aliphatic carbocycles. The molecule has 3 rings (SSSR count). The summed E-state index contributed by atoms with van der Waals surface area (Å²) in [5, 5.41) is 33.2. The van der Waals surface area contributed by atoms with Gasteiger partial charge in [0.25, 0.3) is 0 Å². The van der Waals surface area contributed by atoms with Gasteiger partial charge in [0.05, 0.1) is 6.54 Å². The Bertz CT molecular complexity index is 1260. The van der Waals surface area contributed by atoms with Crippen molar-refractivity contribution in [3.63, 3.8) is 0 Å². The van der Waals surface area contributed by atoms with E-state index in [1.54, 1.807) is 12.1 Å². The van der Waals surface area contributed by atoms with Crippen LogP contribution in [0, 0.1) is 0 Å². The highest BCUT2D eigenvalue weighted by Crippen LogP contribution is 2.35. The number of likely N-dealkylation sites (N-methyl/N-ethyl adjacent to an activating group) is 2. The fourth-order valence-electron chi connectivity index (χ4n) is 4.47. The molecule has 218 valence electrons. The Morgan fingerprint density at radius 3 is 1.83 bits per heavy atom. The number of carboxylic acid groups (broad SMARTS) is 2. The van der Waals surface area contributed by atoms with Crippen LogP contribution in [0.5, 0.6) is 5.75 Å². The minimum absolute atomic E-state index is 0.374. The molecule has 0 spiro atoms. The lowest BCUT2D eigenvalue weighted by atomic mass is 9.87. The van der Waals surface area contributed by atoms with Crippen LogP contribution in [0.3, 0.4) is 0 Å². The molecule has 1 atom stereocenters. The summed E-state index contributed by atoms with van der Waals surface area (Å²) in [6.07, 6.45) is 0.793. The molecule has 0 aromatic heterocycles. The van der Waals surface area contributed by atoms with Gasteiger partial charge in [0.2, 0.25) is 0 Å². The van der Waals surface area contributed by atoms with E-state index in [2.05, 4.69) is 24.0 Å². The van der Waals surface area contributed by atoms with Crippen LogP contribution >= 0.6 is 0 Å². The first-order valence-electron chi connectivity index (χ1n) is 13.3. The Labute approximate surface area is 242 Å². The summed E-state index contributed by atoms with van der Waals surface area (Å²) in [6, 6.07) is 24.5. The zero-order chi connectivity index (χ0) is 30.4. The van der Waals surface area contributed by atoms with Gasteiger partial charge in [0, 0.05) is 6.54 Å². The van der Waals surface area contributed by atoms with Crippen molar-refractivity contribution in [1.82, 2.24) is 9.80 Å². The Kier molecular flexibility index (Phi) is 13.8. The van der Waals surface area contributed by atoms with E-state index in [0.29, 0.717) is 12.2 Å². The van der Waals surface area contributed by atoms with E-state index in [-0.39, 0.29) is 6.54 Å². The smallest absolute Gasteiger partial charge is 0.432 e. The molecule has 41 heavy (non-hydrogen) atoms. The first-order valence-corrected chi connectivity index (χ1v) is 13.3. The van der Waals surface area contributed by atoms with Crippen molar-refractivity contribution in [2.45, 2.75) is 19.4 Å². The zero-order valence-corrected chi connectivity index (χ0v) is 24.0. The third-order valence-corrected chi connectivity index (χ3v) is 6.30. The van der Waals surface area contributed by atoms with Crippen LogP contribution in [0.1, 0.15) is 41.6 Å². The first-order chi connectivity index (χ1) is 19.6. The number of carboxylic acids is 2. The van der Waals surface area contributed by atoms with Gasteiger partial charge in [-0.3, -0.25) is 14.5 Å². The second-order valence-corrected chi connectivity index (χ2v) is 9.56. The fraction of sp³-hybridized carbons (Fsp3) is 0.290. The van der Waals surface area contributed by atoms with E-state index in [9.17, 15) is 14.7 Å². The molecule has 0 saturated carbocycles. The number of hydrogen-bond acceptors (Lipinski definition) is 7. The number of ether oxygens (including phenoxy) is 1. The molecule has 0 amide bonds. The molecule has 3 aromatic rings. The van der Waals surface area contributed by atoms with Crippen LogP contribution in [0.25, 0.3) is 11.1 Å². The number of rotatable bonds is 13. The van der Waals surface area contributed by atoms with Crippen molar-refractivity contribution in [2.75, 3.05) is 40.8 Å². The summed E-state index contributed by atoms with van der Waals surface area (Å²) in [6.45, 7) is 3.17.